The number of rotatable bonds is 7. The first kappa shape index (κ1) is 26.7. The highest BCUT2D eigenvalue weighted by atomic mass is 35.5. The smallest absolute Gasteiger partial charge is 0.119 e. The van der Waals surface area contributed by atoms with Gasteiger partial charge < -0.3 is 34.5 Å². The number of fused-ring (bicyclic) bond motifs is 1. The van der Waals surface area contributed by atoms with Gasteiger partial charge in [-0.05, 0) is 48.7 Å². The number of aromatic nitrogens is 1. The van der Waals surface area contributed by atoms with E-state index < -0.39 is 37.1 Å². The fourth-order valence-electron chi connectivity index (χ4n) is 5.05. The van der Waals surface area contributed by atoms with Gasteiger partial charge in [-0.2, -0.15) is 0 Å². The molecule has 38 heavy (non-hydrogen) atoms. The lowest BCUT2D eigenvalue weighted by Gasteiger charge is -2.40. The summed E-state index contributed by atoms with van der Waals surface area (Å²) in [7, 11) is 0. The third-order valence-corrected chi connectivity index (χ3v) is 7.25. The first-order valence-corrected chi connectivity index (χ1v) is 13.1. The Morgan fingerprint density at radius 1 is 0.895 bits per heavy atom. The molecular weight excluding hydrogens is 506 g/mol. The molecule has 200 valence electrons. The molecule has 1 aromatic heterocycles. The molecule has 1 aliphatic rings. The summed E-state index contributed by atoms with van der Waals surface area (Å²) in [6.07, 6.45) is -4.21. The Hall–Kier alpha value is -2.91. The average molecular weight is 538 g/mol. The molecule has 0 unspecified atom stereocenters. The number of aliphatic hydroxyl groups excluding tert-OH is 4. The van der Waals surface area contributed by atoms with E-state index in [4.69, 9.17) is 21.1 Å². The van der Waals surface area contributed by atoms with E-state index in [1.165, 1.54) is 0 Å². The largest absolute Gasteiger partial charge is 0.491 e. The Kier molecular flexibility index (Phi) is 7.77. The van der Waals surface area contributed by atoms with Crippen LogP contribution in [0.3, 0.4) is 0 Å². The fourth-order valence-corrected chi connectivity index (χ4v) is 5.33. The molecule has 1 fully saturated rings. The maximum atomic E-state index is 10.7. The summed E-state index contributed by atoms with van der Waals surface area (Å²) in [4.78, 5) is 0. The van der Waals surface area contributed by atoms with Crippen LogP contribution in [0, 0.1) is 0 Å². The van der Waals surface area contributed by atoms with Gasteiger partial charge >= 0.3 is 0 Å². The van der Waals surface area contributed by atoms with Crippen molar-refractivity contribution in [2.75, 3.05) is 6.61 Å². The number of ether oxygens (including phenoxy) is 2. The van der Waals surface area contributed by atoms with Gasteiger partial charge in [-0.1, -0.05) is 60.1 Å². The standard InChI is InChI=1S/C30H32ClNO6/c1-17(2)37-21-12-10-20(11-13-21)19-8-6-18(7-9-19)14-32-15-23(22-4-3-5-24(31)26(22)32)30-29(36)28(35)27(34)25(16-33)38-30/h3-13,15,17,25,27-30,33-36H,14,16H2,1-2H3/t25-,27-,28+,29-,30+/m1/s1. The van der Waals surface area contributed by atoms with Gasteiger partial charge in [0.25, 0.3) is 0 Å². The number of halogens is 1. The Morgan fingerprint density at radius 3 is 2.18 bits per heavy atom. The van der Waals surface area contributed by atoms with E-state index in [9.17, 15) is 20.4 Å². The quantitative estimate of drug-likeness (QED) is 0.280. The van der Waals surface area contributed by atoms with Crippen LogP contribution in [0.5, 0.6) is 5.75 Å². The van der Waals surface area contributed by atoms with Crippen molar-refractivity contribution in [3.8, 4) is 16.9 Å². The predicted molar refractivity (Wildman–Crippen MR) is 146 cm³/mol. The highest BCUT2D eigenvalue weighted by molar-refractivity contribution is 6.35. The maximum absolute atomic E-state index is 10.7. The number of hydrogen-bond acceptors (Lipinski definition) is 6. The lowest BCUT2D eigenvalue weighted by atomic mass is 9.91. The van der Waals surface area contributed by atoms with Crippen molar-refractivity contribution in [3.63, 3.8) is 0 Å². The number of benzene rings is 3. The van der Waals surface area contributed by atoms with E-state index >= 15 is 0 Å². The van der Waals surface area contributed by atoms with Crippen molar-refractivity contribution in [2.24, 2.45) is 0 Å². The Morgan fingerprint density at radius 2 is 1.55 bits per heavy atom. The lowest BCUT2D eigenvalue weighted by molar-refractivity contribution is -0.231. The van der Waals surface area contributed by atoms with Gasteiger partial charge in [0.05, 0.1) is 23.3 Å². The summed E-state index contributed by atoms with van der Waals surface area (Å²) in [5.41, 5.74) is 4.62. The maximum Gasteiger partial charge on any atom is 0.119 e. The van der Waals surface area contributed by atoms with Crippen molar-refractivity contribution in [1.82, 2.24) is 4.57 Å². The van der Waals surface area contributed by atoms with Crippen LogP contribution < -0.4 is 4.74 Å². The highest BCUT2D eigenvalue weighted by Gasteiger charge is 2.44. The third-order valence-electron chi connectivity index (χ3n) is 6.95. The normalized spacial score (nSPS) is 23.7. The van der Waals surface area contributed by atoms with Crippen molar-refractivity contribution in [2.45, 2.75) is 57.0 Å². The monoisotopic (exact) mass is 537 g/mol. The molecule has 7 nitrogen and oxygen atoms in total. The summed E-state index contributed by atoms with van der Waals surface area (Å²) in [6, 6.07) is 21.8. The first-order chi connectivity index (χ1) is 18.3. The third kappa shape index (κ3) is 5.18. The lowest BCUT2D eigenvalue weighted by Crippen LogP contribution is -2.55. The molecule has 4 aromatic rings. The van der Waals surface area contributed by atoms with E-state index in [1.54, 1.807) is 6.07 Å². The summed E-state index contributed by atoms with van der Waals surface area (Å²) < 4.78 is 13.6. The van der Waals surface area contributed by atoms with Gasteiger partial charge in [0, 0.05) is 23.7 Å². The van der Waals surface area contributed by atoms with Crippen LogP contribution in [-0.4, -0.2) is 62.1 Å². The molecule has 0 radical (unpaired) electrons. The SMILES string of the molecule is CC(C)Oc1ccc(-c2ccc(Cn3cc([C@@H]4O[C@H](CO)[C@@H](O)[C@H](O)[C@H]4O)c4cccc(Cl)c43)cc2)cc1. The molecule has 8 heteroatoms. The zero-order chi connectivity index (χ0) is 27.0. The molecule has 5 rings (SSSR count). The molecule has 1 saturated heterocycles. The number of nitrogens with zero attached hydrogens (tertiary/aromatic N) is 1. The van der Waals surface area contributed by atoms with Crippen LogP contribution >= 0.6 is 11.6 Å². The van der Waals surface area contributed by atoms with Gasteiger partial charge in [0.15, 0.2) is 0 Å². The first-order valence-electron chi connectivity index (χ1n) is 12.7. The summed E-state index contributed by atoms with van der Waals surface area (Å²) in [5, 5.41) is 42.2. The van der Waals surface area contributed by atoms with Crippen LogP contribution in [0.2, 0.25) is 5.02 Å². The molecule has 3 aromatic carbocycles. The molecule has 0 aliphatic carbocycles. The zero-order valence-electron chi connectivity index (χ0n) is 21.2. The van der Waals surface area contributed by atoms with Crippen LogP contribution in [0.25, 0.3) is 22.0 Å². The Labute approximate surface area is 226 Å². The average Bonchev–Trinajstić information content (AvgIpc) is 3.27. The van der Waals surface area contributed by atoms with E-state index in [0.29, 0.717) is 17.1 Å². The zero-order valence-corrected chi connectivity index (χ0v) is 22.0. The van der Waals surface area contributed by atoms with Crippen molar-refractivity contribution in [1.29, 1.82) is 0 Å². The fraction of sp³-hybridized carbons (Fsp3) is 0.333. The van der Waals surface area contributed by atoms with Crippen LogP contribution in [0.1, 0.15) is 31.1 Å². The van der Waals surface area contributed by atoms with Crippen LogP contribution in [0.15, 0.2) is 72.9 Å². The molecule has 1 aliphatic heterocycles. The van der Waals surface area contributed by atoms with E-state index in [0.717, 1.165) is 33.3 Å². The van der Waals surface area contributed by atoms with Crippen LogP contribution in [0.4, 0.5) is 0 Å². The van der Waals surface area contributed by atoms with Crippen molar-refractivity contribution < 1.29 is 29.9 Å². The molecule has 2 heterocycles. The molecule has 4 N–H and O–H groups in total. The van der Waals surface area contributed by atoms with E-state index in [-0.39, 0.29) is 6.10 Å². The Bertz CT molecular complexity index is 1380. The summed E-state index contributed by atoms with van der Waals surface area (Å²) in [6.45, 7) is 4.03. The van der Waals surface area contributed by atoms with Gasteiger partial charge in [-0.15, -0.1) is 0 Å². The second-order valence-corrected chi connectivity index (χ2v) is 10.4. The van der Waals surface area contributed by atoms with Gasteiger partial charge in [-0.25, -0.2) is 0 Å². The minimum Gasteiger partial charge on any atom is -0.491 e. The second-order valence-electron chi connectivity index (χ2n) is 9.99. The second kappa shape index (κ2) is 11.1. The predicted octanol–water partition coefficient (Wildman–Crippen LogP) is 4.31. The summed E-state index contributed by atoms with van der Waals surface area (Å²) >= 11 is 6.61. The minimum absolute atomic E-state index is 0.125. The minimum atomic E-state index is -1.46. The molecule has 0 bridgehead atoms. The van der Waals surface area contributed by atoms with Crippen molar-refractivity contribution >= 4 is 22.5 Å². The number of aliphatic hydroxyl groups is 4. The highest BCUT2D eigenvalue weighted by Crippen LogP contribution is 2.39. The molecule has 5 atom stereocenters. The van der Waals surface area contributed by atoms with Gasteiger partial charge in [0.1, 0.15) is 36.3 Å². The topological polar surface area (TPSA) is 104 Å². The molecule has 0 amide bonds. The van der Waals surface area contributed by atoms with Crippen LogP contribution in [-0.2, 0) is 11.3 Å². The van der Waals surface area contributed by atoms with Gasteiger partial charge in [-0.3, -0.25) is 0 Å². The molecular formula is C30H32ClNO6. The Balaban J connectivity index is 1.43. The van der Waals surface area contributed by atoms with Crippen molar-refractivity contribution in [3.05, 3.63) is 89.1 Å². The van der Waals surface area contributed by atoms with E-state index in [1.807, 2.05) is 61.0 Å². The molecule has 0 spiro atoms. The molecule has 0 saturated carbocycles. The number of hydrogen-bond donors (Lipinski definition) is 4. The summed E-state index contributed by atoms with van der Waals surface area (Å²) in [5.74, 6) is 0.840. The van der Waals surface area contributed by atoms with Gasteiger partial charge in [0.2, 0.25) is 0 Å². The van der Waals surface area contributed by atoms with E-state index in [2.05, 4.69) is 24.3 Å². The number of para-hydroxylation sites is 1.